The number of para-hydroxylation sites is 1. The van der Waals surface area contributed by atoms with Crippen molar-refractivity contribution in [2.24, 2.45) is 0 Å². The fourth-order valence-corrected chi connectivity index (χ4v) is 3.32. The summed E-state index contributed by atoms with van der Waals surface area (Å²) < 4.78 is 12.0. The van der Waals surface area contributed by atoms with Gasteiger partial charge in [0.25, 0.3) is 5.56 Å². The Labute approximate surface area is 144 Å². The second kappa shape index (κ2) is 7.51. The molecule has 0 spiro atoms. The highest BCUT2D eigenvalue weighted by Gasteiger charge is 2.13. The van der Waals surface area contributed by atoms with Crippen molar-refractivity contribution in [1.82, 2.24) is 9.55 Å². The number of hydrogen-bond acceptors (Lipinski definition) is 5. The van der Waals surface area contributed by atoms with Crippen molar-refractivity contribution in [3.05, 3.63) is 58.9 Å². The molecule has 124 valence electrons. The molecule has 0 radical (unpaired) electrons. The monoisotopic (exact) mass is 342 g/mol. The summed E-state index contributed by atoms with van der Waals surface area (Å²) in [5.41, 5.74) is 1.34. The molecule has 0 aliphatic carbocycles. The molecule has 0 atom stereocenters. The summed E-state index contributed by atoms with van der Waals surface area (Å²) in [4.78, 5) is 17.7. The maximum Gasteiger partial charge on any atom is 0.266 e. The normalized spacial score (nSPS) is 10.9. The first-order valence-electron chi connectivity index (χ1n) is 7.52. The molecule has 0 saturated carbocycles. The summed E-state index contributed by atoms with van der Waals surface area (Å²) in [6.07, 6.45) is 0. The molecule has 0 fully saturated rings. The van der Waals surface area contributed by atoms with E-state index >= 15 is 0 Å². The predicted octanol–water partition coefficient (Wildman–Crippen LogP) is 3.13. The van der Waals surface area contributed by atoms with E-state index in [-0.39, 0.29) is 5.56 Å². The van der Waals surface area contributed by atoms with E-state index in [4.69, 9.17) is 9.47 Å². The molecule has 2 aromatic carbocycles. The second-order valence-corrected chi connectivity index (χ2v) is 6.16. The molecule has 0 saturated heterocycles. The van der Waals surface area contributed by atoms with Crippen molar-refractivity contribution in [1.29, 1.82) is 0 Å². The van der Waals surface area contributed by atoms with Gasteiger partial charge in [-0.1, -0.05) is 30.0 Å². The van der Waals surface area contributed by atoms with E-state index in [1.54, 1.807) is 24.9 Å². The highest BCUT2D eigenvalue weighted by molar-refractivity contribution is 7.99. The van der Waals surface area contributed by atoms with Gasteiger partial charge in [-0.15, -0.1) is 0 Å². The third-order valence-electron chi connectivity index (χ3n) is 3.58. The zero-order valence-corrected chi connectivity index (χ0v) is 14.4. The summed E-state index contributed by atoms with van der Waals surface area (Å²) in [6, 6.07) is 14.8. The summed E-state index contributed by atoms with van der Waals surface area (Å²) >= 11 is 1.49. The summed E-state index contributed by atoms with van der Waals surface area (Å²) in [6.45, 7) is 0.589. The predicted molar refractivity (Wildman–Crippen MR) is 96.5 cm³/mol. The summed E-state index contributed by atoms with van der Waals surface area (Å²) in [5.74, 6) is 1.41. The van der Waals surface area contributed by atoms with E-state index < -0.39 is 0 Å². The minimum atomic E-state index is -0.0891. The van der Waals surface area contributed by atoms with Gasteiger partial charge in [-0.05, 0) is 24.3 Å². The van der Waals surface area contributed by atoms with Crippen molar-refractivity contribution >= 4 is 22.7 Å². The zero-order valence-electron chi connectivity index (χ0n) is 13.6. The lowest BCUT2D eigenvalue weighted by Crippen LogP contribution is -2.22. The first kappa shape index (κ1) is 16.5. The minimum Gasteiger partial charge on any atom is -0.497 e. The van der Waals surface area contributed by atoms with Gasteiger partial charge < -0.3 is 9.47 Å². The van der Waals surface area contributed by atoms with Crippen LogP contribution in [0, 0.1) is 0 Å². The highest BCUT2D eigenvalue weighted by atomic mass is 32.2. The van der Waals surface area contributed by atoms with Gasteiger partial charge in [0.2, 0.25) is 0 Å². The Morgan fingerprint density at radius 2 is 1.96 bits per heavy atom. The Kier molecular flexibility index (Phi) is 5.17. The molecule has 1 heterocycles. The van der Waals surface area contributed by atoms with Gasteiger partial charge >= 0.3 is 0 Å². The van der Waals surface area contributed by atoms with E-state index in [9.17, 15) is 4.79 Å². The van der Waals surface area contributed by atoms with Gasteiger partial charge in [-0.2, -0.15) is 0 Å². The van der Waals surface area contributed by atoms with Crippen molar-refractivity contribution in [3.63, 3.8) is 0 Å². The van der Waals surface area contributed by atoms with Gasteiger partial charge in [-0.3, -0.25) is 9.36 Å². The first-order chi connectivity index (χ1) is 11.7. The van der Waals surface area contributed by atoms with Crippen LogP contribution in [-0.2, 0) is 4.74 Å². The number of nitrogens with zero attached hydrogens (tertiary/aromatic N) is 2. The number of thioether (sulfide) groups is 1. The third-order valence-corrected chi connectivity index (χ3v) is 4.48. The minimum absolute atomic E-state index is 0.0891. The molecule has 1 aromatic heterocycles. The Morgan fingerprint density at radius 3 is 2.75 bits per heavy atom. The molecule has 0 aliphatic rings. The number of hydrogen-bond donors (Lipinski definition) is 0. The number of benzene rings is 2. The Balaban J connectivity index is 2.20. The van der Waals surface area contributed by atoms with E-state index in [2.05, 4.69) is 4.98 Å². The van der Waals surface area contributed by atoms with E-state index in [0.717, 1.165) is 5.69 Å². The van der Waals surface area contributed by atoms with Gasteiger partial charge in [0.15, 0.2) is 5.16 Å². The zero-order chi connectivity index (χ0) is 16.9. The summed E-state index contributed by atoms with van der Waals surface area (Å²) in [7, 11) is 3.26. The molecule has 0 unspecified atom stereocenters. The fraction of sp³-hybridized carbons (Fsp3) is 0.222. The van der Waals surface area contributed by atoms with Gasteiger partial charge in [0.05, 0.1) is 30.3 Å². The lowest BCUT2D eigenvalue weighted by Gasteiger charge is -2.13. The molecule has 0 aliphatic heterocycles. The van der Waals surface area contributed by atoms with Crippen LogP contribution >= 0.6 is 11.8 Å². The molecule has 6 heteroatoms. The molecule has 3 rings (SSSR count). The molecular weight excluding hydrogens is 324 g/mol. The van der Waals surface area contributed by atoms with Crippen LogP contribution in [0.2, 0.25) is 0 Å². The maximum absolute atomic E-state index is 13.0. The smallest absolute Gasteiger partial charge is 0.266 e. The van der Waals surface area contributed by atoms with Crippen LogP contribution in [0.3, 0.4) is 0 Å². The molecule has 3 aromatic rings. The molecule has 5 nitrogen and oxygen atoms in total. The summed E-state index contributed by atoms with van der Waals surface area (Å²) in [5, 5.41) is 1.24. The number of aromatic nitrogens is 2. The SMILES string of the molecule is COCCSc1nc2ccccc2c(=O)n1-c1cccc(OC)c1. The Bertz CT molecular complexity index is 908. The largest absolute Gasteiger partial charge is 0.497 e. The second-order valence-electron chi connectivity index (χ2n) is 5.09. The van der Waals surface area contributed by atoms with Crippen LogP contribution in [0.5, 0.6) is 5.75 Å². The van der Waals surface area contributed by atoms with Crippen LogP contribution in [0.15, 0.2) is 58.5 Å². The van der Waals surface area contributed by atoms with E-state index in [1.807, 2.05) is 42.5 Å². The maximum atomic E-state index is 13.0. The van der Waals surface area contributed by atoms with E-state index in [1.165, 1.54) is 11.8 Å². The molecule has 0 amide bonds. The lowest BCUT2D eigenvalue weighted by molar-refractivity contribution is 0.218. The molecule has 0 bridgehead atoms. The number of rotatable bonds is 6. The average molecular weight is 342 g/mol. The van der Waals surface area contributed by atoms with Crippen LogP contribution in [0.4, 0.5) is 0 Å². The first-order valence-corrected chi connectivity index (χ1v) is 8.51. The van der Waals surface area contributed by atoms with Crippen LogP contribution in [0.1, 0.15) is 0 Å². The van der Waals surface area contributed by atoms with Gasteiger partial charge in [-0.25, -0.2) is 4.98 Å². The third kappa shape index (κ3) is 3.29. The van der Waals surface area contributed by atoms with Crippen molar-refractivity contribution in [2.45, 2.75) is 5.16 Å². The standard InChI is InChI=1S/C18H18N2O3S/c1-22-10-11-24-18-19-16-9-4-3-8-15(16)17(21)20(18)13-6-5-7-14(12-13)23-2/h3-9,12H,10-11H2,1-2H3. The number of fused-ring (bicyclic) bond motifs is 1. The van der Waals surface area contributed by atoms with Crippen LogP contribution in [0.25, 0.3) is 16.6 Å². The number of methoxy groups -OCH3 is 2. The molecular formula is C18H18N2O3S. The van der Waals surface area contributed by atoms with E-state index in [0.29, 0.717) is 34.2 Å². The van der Waals surface area contributed by atoms with Crippen LogP contribution in [-0.4, -0.2) is 36.1 Å². The lowest BCUT2D eigenvalue weighted by atomic mass is 10.2. The van der Waals surface area contributed by atoms with Gasteiger partial charge in [0, 0.05) is 18.9 Å². The fourth-order valence-electron chi connectivity index (χ4n) is 2.40. The Morgan fingerprint density at radius 1 is 1.12 bits per heavy atom. The van der Waals surface area contributed by atoms with Crippen molar-refractivity contribution < 1.29 is 9.47 Å². The number of ether oxygens (including phenoxy) is 2. The molecule has 0 N–H and O–H groups in total. The van der Waals surface area contributed by atoms with Crippen molar-refractivity contribution in [3.8, 4) is 11.4 Å². The quantitative estimate of drug-likeness (QED) is 0.391. The van der Waals surface area contributed by atoms with Gasteiger partial charge in [0.1, 0.15) is 5.75 Å². The van der Waals surface area contributed by atoms with Crippen molar-refractivity contribution in [2.75, 3.05) is 26.6 Å². The topological polar surface area (TPSA) is 53.3 Å². The average Bonchev–Trinajstić information content (AvgIpc) is 2.62. The Hall–Kier alpha value is -2.31. The molecule has 24 heavy (non-hydrogen) atoms. The van der Waals surface area contributed by atoms with Crippen LogP contribution < -0.4 is 10.3 Å². The highest BCUT2D eigenvalue weighted by Crippen LogP contribution is 2.23.